The maximum atomic E-state index is 5.20. The number of rotatable bonds is 4. The van der Waals surface area contributed by atoms with Gasteiger partial charge < -0.3 is 10.1 Å². The molecule has 2 bridgehead atoms. The number of benzene rings is 1. The average Bonchev–Trinajstić information content (AvgIpc) is 2.78. The molecule has 1 N–H and O–H groups in total. The van der Waals surface area contributed by atoms with Crippen LogP contribution in [0.3, 0.4) is 0 Å². The molecule has 2 unspecified atom stereocenters. The topological polar surface area (TPSA) is 24.5 Å². The zero-order valence-electron chi connectivity index (χ0n) is 11.9. The van der Waals surface area contributed by atoms with Crippen molar-refractivity contribution >= 4 is 0 Å². The molecule has 3 nitrogen and oxygen atoms in total. The van der Waals surface area contributed by atoms with Gasteiger partial charge in [0.1, 0.15) is 5.75 Å². The number of piperidine rings is 1. The SMILES string of the molecule is COc1ccc(CN(C)C2CC3CCC(C2)N3)cc1. The molecule has 0 saturated carbocycles. The van der Waals surface area contributed by atoms with Crippen molar-refractivity contribution in [1.82, 2.24) is 10.2 Å². The number of nitrogens with zero attached hydrogens (tertiary/aromatic N) is 1. The van der Waals surface area contributed by atoms with Crippen molar-refractivity contribution in [3.8, 4) is 5.75 Å². The van der Waals surface area contributed by atoms with E-state index in [0.29, 0.717) is 0 Å². The fourth-order valence-electron chi connectivity index (χ4n) is 3.54. The fraction of sp³-hybridized carbons (Fsp3) is 0.625. The van der Waals surface area contributed by atoms with Crippen LogP contribution in [0, 0.1) is 0 Å². The molecule has 2 saturated heterocycles. The lowest BCUT2D eigenvalue weighted by Crippen LogP contribution is -2.46. The van der Waals surface area contributed by atoms with E-state index in [9.17, 15) is 0 Å². The summed E-state index contributed by atoms with van der Waals surface area (Å²) in [7, 11) is 3.98. The van der Waals surface area contributed by atoms with Gasteiger partial charge in [0.05, 0.1) is 7.11 Å². The molecule has 19 heavy (non-hydrogen) atoms. The first-order chi connectivity index (χ1) is 9.24. The van der Waals surface area contributed by atoms with Crippen LogP contribution in [0.1, 0.15) is 31.2 Å². The molecule has 2 aliphatic heterocycles. The van der Waals surface area contributed by atoms with E-state index in [-0.39, 0.29) is 0 Å². The van der Waals surface area contributed by atoms with Crippen LogP contribution in [-0.4, -0.2) is 37.2 Å². The molecule has 0 aromatic heterocycles. The summed E-state index contributed by atoms with van der Waals surface area (Å²) in [5.41, 5.74) is 1.37. The second kappa shape index (κ2) is 5.51. The molecule has 0 aliphatic carbocycles. The Hall–Kier alpha value is -1.06. The lowest BCUT2D eigenvalue weighted by Gasteiger charge is -2.35. The number of nitrogens with one attached hydrogen (secondary N) is 1. The molecule has 2 fully saturated rings. The Balaban J connectivity index is 1.59. The molecule has 1 aromatic carbocycles. The zero-order valence-corrected chi connectivity index (χ0v) is 11.9. The third-order valence-electron chi connectivity index (χ3n) is 4.66. The molecule has 2 aliphatic rings. The number of hydrogen-bond donors (Lipinski definition) is 1. The number of hydrogen-bond acceptors (Lipinski definition) is 3. The summed E-state index contributed by atoms with van der Waals surface area (Å²) in [5.74, 6) is 0.936. The summed E-state index contributed by atoms with van der Waals surface area (Å²) in [6, 6.07) is 10.7. The first kappa shape index (κ1) is 12.9. The van der Waals surface area contributed by atoms with Gasteiger partial charge in [-0.1, -0.05) is 12.1 Å². The van der Waals surface area contributed by atoms with Gasteiger partial charge in [-0.05, 0) is 50.4 Å². The third kappa shape index (κ3) is 2.93. The van der Waals surface area contributed by atoms with Crippen LogP contribution >= 0.6 is 0 Å². The van der Waals surface area contributed by atoms with Crippen LogP contribution in [0.4, 0.5) is 0 Å². The van der Waals surface area contributed by atoms with Crippen molar-refractivity contribution in [2.75, 3.05) is 14.2 Å². The Morgan fingerprint density at radius 2 is 1.79 bits per heavy atom. The van der Waals surface area contributed by atoms with Gasteiger partial charge in [-0.3, -0.25) is 4.90 Å². The summed E-state index contributed by atoms with van der Waals surface area (Å²) in [6.07, 6.45) is 5.36. The Bertz CT molecular complexity index is 405. The van der Waals surface area contributed by atoms with Crippen molar-refractivity contribution in [3.05, 3.63) is 29.8 Å². The standard InChI is InChI=1S/C16H24N2O/c1-18(11-12-3-7-16(19-2)8-4-12)15-9-13-5-6-14(10-15)17-13/h3-4,7-8,13-15,17H,5-6,9-11H2,1-2H3. The third-order valence-corrected chi connectivity index (χ3v) is 4.66. The highest BCUT2D eigenvalue weighted by Crippen LogP contribution is 2.29. The van der Waals surface area contributed by atoms with Gasteiger partial charge >= 0.3 is 0 Å². The number of fused-ring (bicyclic) bond motifs is 2. The zero-order chi connectivity index (χ0) is 13.2. The van der Waals surface area contributed by atoms with E-state index in [0.717, 1.165) is 30.4 Å². The molecule has 104 valence electrons. The van der Waals surface area contributed by atoms with Gasteiger partial charge in [-0.25, -0.2) is 0 Å². The molecule has 2 heterocycles. The van der Waals surface area contributed by atoms with Gasteiger partial charge in [0.2, 0.25) is 0 Å². The van der Waals surface area contributed by atoms with E-state index < -0.39 is 0 Å². The van der Waals surface area contributed by atoms with Crippen molar-refractivity contribution in [3.63, 3.8) is 0 Å². The summed E-state index contributed by atoms with van der Waals surface area (Å²) >= 11 is 0. The Labute approximate surface area is 115 Å². The molecule has 3 heteroatoms. The van der Waals surface area contributed by atoms with Gasteiger partial charge in [-0.15, -0.1) is 0 Å². The highest BCUT2D eigenvalue weighted by Gasteiger charge is 2.34. The first-order valence-corrected chi connectivity index (χ1v) is 7.34. The second-order valence-electron chi connectivity index (χ2n) is 6.03. The second-order valence-corrected chi connectivity index (χ2v) is 6.03. The summed E-state index contributed by atoms with van der Waals surface area (Å²) in [4.78, 5) is 2.52. The number of ether oxygens (including phenoxy) is 1. The van der Waals surface area contributed by atoms with Gasteiger partial charge in [0.25, 0.3) is 0 Å². The van der Waals surface area contributed by atoms with E-state index in [1.807, 2.05) is 0 Å². The Kier molecular flexibility index (Phi) is 3.76. The molecule has 3 rings (SSSR count). The van der Waals surface area contributed by atoms with Crippen LogP contribution in [-0.2, 0) is 6.54 Å². The maximum absolute atomic E-state index is 5.20. The van der Waals surface area contributed by atoms with Crippen LogP contribution in [0.25, 0.3) is 0 Å². The lowest BCUT2D eigenvalue weighted by atomic mass is 9.98. The predicted octanol–water partition coefficient (Wildman–Crippen LogP) is 2.41. The molecule has 0 amide bonds. The fourth-order valence-corrected chi connectivity index (χ4v) is 3.54. The predicted molar refractivity (Wildman–Crippen MR) is 77.4 cm³/mol. The highest BCUT2D eigenvalue weighted by molar-refractivity contribution is 5.27. The molecule has 0 spiro atoms. The maximum Gasteiger partial charge on any atom is 0.118 e. The summed E-state index contributed by atoms with van der Waals surface area (Å²) in [6.45, 7) is 1.04. The van der Waals surface area contributed by atoms with Crippen LogP contribution in [0.2, 0.25) is 0 Å². The van der Waals surface area contributed by atoms with E-state index in [1.165, 1.54) is 31.2 Å². The summed E-state index contributed by atoms with van der Waals surface area (Å²) < 4.78 is 5.20. The minimum absolute atomic E-state index is 0.737. The molecular formula is C16H24N2O. The van der Waals surface area contributed by atoms with Crippen molar-refractivity contribution in [1.29, 1.82) is 0 Å². The van der Waals surface area contributed by atoms with Crippen molar-refractivity contribution in [2.45, 2.75) is 50.4 Å². The van der Waals surface area contributed by atoms with Crippen LogP contribution in [0.5, 0.6) is 5.75 Å². The van der Waals surface area contributed by atoms with E-state index in [4.69, 9.17) is 4.74 Å². The van der Waals surface area contributed by atoms with E-state index >= 15 is 0 Å². The lowest BCUT2D eigenvalue weighted by molar-refractivity contribution is 0.166. The largest absolute Gasteiger partial charge is 0.497 e. The molecular weight excluding hydrogens is 236 g/mol. The van der Waals surface area contributed by atoms with E-state index in [1.54, 1.807) is 7.11 Å². The van der Waals surface area contributed by atoms with E-state index in [2.05, 4.69) is 41.5 Å². The summed E-state index contributed by atoms with van der Waals surface area (Å²) in [5, 5.41) is 3.71. The Morgan fingerprint density at radius 3 is 2.37 bits per heavy atom. The van der Waals surface area contributed by atoms with Gasteiger partial charge in [0, 0.05) is 24.7 Å². The van der Waals surface area contributed by atoms with Gasteiger partial charge in [0.15, 0.2) is 0 Å². The molecule has 0 radical (unpaired) electrons. The minimum Gasteiger partial charge on any atom is -0.497 e. The molecule has 2 atom stereocenters. The van der Waals surface area contributed by atoms with Crippen LogP contribution < -0.4 is 10.1 Å². The highest BCUT2D eigenvalue weighted by atomic mass is 16.5. The molecule has 1 aromatic rings. The normalized spacial score (nSPS) is 29.7. The average molecular weight is 260 g/mol. The van der Waals surface area contributed by atoms with Crippen molar-refractivity contribution in [2.24, 2.45) is 0 Å². The quantitative estimate of drug-likeness (QED) is 0.900. The smallest absolute Gasteiger partial charge is 0.118 e. The monoisotopic (exact) mass is 260 g/mol. The Morgan fingerprint density at radius 1 is 1.16 bits per heavy atom. The number of methoxy groups -OCH3 is 1. The minimum atomic E-state index is 0.737. The first-order valence-electron chi connectivity index (χ1n) is 7.34. The van der Waals surface area contributed by atoms with Crippen molar-refractivity contribution < 1.29 is 4.74 Å². The van der Waals surface area contributed by atoms with Crippen LogP contribution in [0.15, 0.2) is 24.3 Å². The van der Waals surface area contributed by atoms with Gasteiger partial charge in [-0.2, -0.15) is 0 Å².